The molecule has 5 aromatic rings. The van der Waals surface area contributed by atoms with Gasteiger partial charge in [-0.3, -0.25) is 34.0 Å². The fourth-order valence-electron chi connectivity index (χ4n) is 9.50. The van der Waals surface area contributed by atoms with Gasteiger partial charge in [-0.25, -0.2) is 5.43 Å². The van der Waals surface area contributed by atoms with Gasteiger partial charge in [0.05, 0.1) is 36.1 Å². The summed E-state index contributed by atoms with van der Waals surface area (Å²) in [7, 11) is 1.67. The maximum atomic E-state index is 14.7. The molecule has 3 aliphatic rings. The third-order valence-electron chi connectivity index (χ3n) is 12.8. The Morgan fingerprint density at radius 2 is 1.80 bits per heavy atom. The van der Waals surface area contributed by atoms with E-state index in [1.807, 2.05) is 24.4 Å². The van der Waals surface area contributed by atoms with Gasteiger partial charge in [-0.05, 0) is 109 Å². The number of carbonyl (C=O) groups excluding carboxylic acids is 5. The number of hydrogen-bond acceptors (Lipinski definition) is 10. The van der Waals surface area contributed by atoms with E-state index in [2.05, 4.69) is 65.1 Å². The minimum Gasteiger partial charge on any atom is -0.508 e. The van der Waals surface area contributed by atoms with Crippen molar-refractivity contribution in [2.45, 2.75) is 78.1 Å². The Bertz CT molecular complexity index is 2730. The highest BCUT2D eigenvalue weighted by molar-refractivity contribution is 7.59. The maximum absolute atomic E-state index is 14.7. The summed E-state index contributed by atoms with van der Waals surface area (Å²) in [5, 5.41) is 19.5. The number of pyridine rings is 1. The molecule has 2 fully saturated rings. The molecular formula is C51H63N7O8S3. The van der Waals surface area contributed by atoms with Crippen LogP contribution in [0.3, 0.4) is 0 Å². The number of aryl methyl sites for hydroxylation is 1. The Labute approximate surface area is 423 Å². The Morgan fingerprint density at radius 1 is 1.01 bits per heavy atom. The van der Waals surface area contributed by atoms with Crippen molar-refractivity contribution in [2.75, 3.05) is 38.7 Å². The van der Waals surface area contributed by atoms with Crippen molar-refractivity contribution in [1.82, 2.24) is 30.2 Å². The first-order chi connectivity index (χ1) is 31.8. The van der Waals surface area contributed by atoms with Crippen LogP contribution in [0.5, 0.6) is 5.75 Å². The first kappa shape index (κ1) is 54.2. The molecule has 6 bridgehead atoms. The number of benzene rings is 3. The van der Waals surface area contributed by atoms with Gasteiger partial charge in [-0.2, -0.15) is 40.5 Å². The molecule has 0 radical (unpaired) electrons. The lowest BCUT2D eigenvalue weighted by Gasteiger charge is -2.35. The summed E-state index contributed by atoms with van der Waals surface area (Å²) in [6.45, 7) is 11.8. The van der Waals surface area contributed by atoms with Crippen LogP contribution in [0.4, 0.5) is 5.69 Å². The Hall–Kier alpha value is -5.79. The fraction of sp³-hybridized carbons (Fsp3) is 0.373. The molecule has 4 N–H and O–H groups in total. The number of carbonyl (C=O) groups is 5. The molecule has 4 amide bonds. The highest BCUT2D eigenvalue weighted by Gasteiger charge is 2.36. The number of ether oxygens (including phenoxy) is 2. The molecule has 0 saturated carbocycles. The molecule has 8 rings (SSSR count). The quantitative estimate of drug-likeness (QED) is 0.0938. The number of aromatic hydroxyl groups is 1. The van der Waals surface area contributed by atoms with Crippen LogP contribution in [0, 0.1) is 11.3 Å². The number of esters is 1. The van der Waals surface area contributed by atoms with Crippen molar-refractivity contribution in [2.24, 2.45) is 11.3 Å². The van der Waals surface area contributed by atoms with E-state index < -0.39 is 41.2 Å². The zero-order chi connectivity index (χ0) is 46.7. The number of phenols is 1. The largest absolute Gasteiger partial charge is 0.508 e. The van der Waals surface area contributed by atoms with Gasteiger partial charge in [-0.1, -0.05) is 44.7 Å². The molecule has 5 heterocycles. The molecule has 18 heteroatoms. The van der Waals surface area contributed by atoms with Crippen molar-refractivity contribution >= 4 is 86.7 Å². The van der Waals surface area contributed by atoms with E-state index in [1.54, 1.807) is 54.6 Å². The summed E-state index contributed by atoms with van der Waals surface area (Å²) < 4.78 is 14.0. The average Bonchev–Trinajstić information content (AvgIpc) is 3.93. The van der Waals surface area contributed by atoms with Crippen LogP contribution in [0.1, 0.15) is 67.1 Å². The van der Waals surface area contributed by atoms with E-state index in [0.29, 0.717) is 56.5 Å². The maximum Gasteiger partial charge on any atom is 0.324 e. The number of hydrazine groups is 1. The number of phenolic OH excluding ortho intramolecular Hbond substituents is 1. The number of rotatable bonds is 9. The molecule has 3 aromatic carbocycles. The summed E-state index contributed by atoms with van der Waals surface area (Å²) in [4.78, 5) is 74.6. The van der Waals surface area contributed by atoms with Gasteiger partial charge >= 0.3 is 5.97 Å². The van der Waals surface area contributed by atoms with Gasteiger partial charge in [-0.15, -0.1) is 0 Å². The van der Waals surface area contributed by atoms with Gasteiger partial charge in [0.15, 0.2) is 0 Å². The van der Waals surface area contributed by atoms with E-state index >= 15 is 0 Å². The molecule has 3 atom stereocenters. The smallest absolute Gasteiger partial charge is 0.324 e. The molecule has 0 aliphatic carbocycles. The van der Waals surface area contributed by atoms with E-state index in [1.165, 1.54) is 11.1 Å². The second-order valence-corrected chi connectivity index (χ2v) is 18.2. The molecule has 3 aliphatic heterocycles. The number of anilines is 1. The number of aromatic nitrogens is 2. The lowest BCUT2D eigenvalue weighted by atomic mass is 9.84. The Balaban J connectivity index is 0.00000296. The van der Waals surface area contributed by atoms with Gasteiger partial charge in [0.2, 0.25) is 11.8 Å². The lowest BCUT2D eigenvalue weighted by molar-refractivity contribution is -0.155. The first-order valence-electron chi connectivity index (χ1n) is 22.5. The fourth-order valence-corrected chi connectivity index (χ4v) is 9.50. The topological polar surface area (TPSA) is 184 Å². The van der Waals surface area contributed by atoms with E-state index in [4.69, 9.17) is 9.47 Å². The molecule has 368 valence electrons. The number of hydrogen-bond donors (Lipinski definition) is 4. The summed E-state index contributed by atoms with van der Waals surface area (Å²) in [5.74, 6) is -2.69. The van der Waals surface area contributed by atoms with Crippen LogP contribution in [-0.2, 0) is 54.6 Å². The minimum absolute atomic E-state index is 0. The number of nitrogens with zero attached hydrogens (tertiary/aromatic N) is 4. The second kappa shape index (κ2) is 23.2. The van der Waals surface area contributed by atoms with Crippen LogP contribution in [-0.4, -0.2) is 99.6 Å². The monoisotopic (exact) mass is 997 g/mol. The molecule has 69 heavy (non-hydrogen) atoms. The molecule has 15 nitrogen and oxygen atoms in total. The molecule has 0 unspecified atom stereocenters. The van der Waals surface area contributed by atoms with Crippen molar-refractivity contribution < 1.29 is 38.6 Å². The van der Waals surface area contributed by atoms with Crippen molar-refractivity contribution in [3.8, 4) is 28.1 Å². The van der Waals surface area contributed by atoms with E-state index in [-0.39, 0.29) is 95.4 Å². The number of amides is 4. The van der Waals surface area contributed by atoms with Crippen LogP contribution >= 0.6 is 40.5 Å². The Kier molecular flexibility index (Phi) is 18.2. The highest BCUT2D eigenvalue weighted by atomic mass is 32.1. The summed E-state index contributed by atoms with van der Waals surface area (Å²) in [6.07, 6.45) is 6.77. The second-order valence-electron chi connectivity index (χ2n) is 18.2. The first-order valence-corrected chi connectivity index (χ1v) is 22.5. The van der Waals surface area contributed by atoms with Gasteiger partial charge in [0.25, 0.3) is 11.8 Å². The van der Waals surface area contributed by atoms with Gasteiger partial charge in [0.1, 0.15) is 17.8 Å². The highest BCUT2D eigenvalue weighted by Crippen LogP contribution is 2.41. The predicted molar refractivity (Wildman–Crippen MR) is 281 cm³/mol. The van der Waals surface area contributed by atoms with Crippen molar-refractivity contribution in [1.29, 1.82) is 0 Å². The third kappa shape index (κ3) is 11.8. The SMILES string of the molecule is C=CC(=O)N1CC[C@H](C(=O)Nc2ccccc2C(=O)N[C@H]2Cc3cc(O)cc(c3)-c3ccc4c(c3)c(c(-c3cnccc3COC)n4CC)CC(C)(C)COC(=O)[C@@H]3CCCN(N3)C2=O)C1.S.S.S. The van der Waals surface area contributed by atoms with Crippen molar-refractivity contribution in [3.63, 3.8) is 0 Å². The van der Waals surface area contributed by atoms with Gasteiger partial charge < -0.3 is 34.7 Å². The minimum atomic E-state index is -1.18. The lowest BCUT2D eigenvalue weighted by Crippen LogP contribution is -2.60. The number of nitrogens with one attached hydrogen (secondary N) is 3. The number of likely N-dealkylation sites (tertiary alicyclic amines) is 1. The van der Waals surface area contributed by atoms with Crippen LogP contribution < -0.4 is 16.1 Å². The van der Waals surface area contributed by atoms with Gasteiger partial charge in [0, 0.05) is 74.0 Å². The number of fused-ring (bicyclic) bond motifs is 6. The number of cyclic esters (lactones) is 1. The number of methoxy groups -OCH3 is 1. The van der Waals surface area contributed by atoms with E-state index in [9.17, 15) is 29.1 Å². The normalized spacial score (nSPS) is 18.9. The Morgan fingerprint density at radius 3 is 2.55 bits per heavy atom. The zero-order valence-electron chi connectivity index (χ0n) is 39.4. The van der Waals surface area contributed by atoms with E-state index in [0.717, 1.165) is 38.9 Å². The molecule has 2 saturated heterocycles. The molecular weight excluding hydrogens is 935 g/mol. The summed E-state index contributed by atoms with van der Waals surface area (Å²) in [6, 6.07) is 17.9. The molecule has 2 aromatic heterocycles. The van der Waals surface area contributed by atoms with Crippen LogP contribution in [0.15, 0.2) is 91.8 Å². The third-order valence-corrected chi connectivity index (χ3v) is 12.8. The summed E-state index contributed by atoms with van der Waals surface area (Å²) >= 11 is 0. The predicted octanol–water partition coefficient (Wildman–Crippen LogP) is 6.52. The zero-order valence-corrected chi connectivity index (χ0v) is 42.4. The van der Waals surface area contributed by atoms with Crippen LogP contribution in [0.25, 0.3) is 33.3 Å². The van der Waals surface area contributed by atoms with Crippen LogP contribution in [0.2, 0.25) is 0 Å². The number of para-hydroxylation sites is 1. The average molecular weight is 998 g/mol. The standard InChI is InChI=1S/C51H57N7O8.3H2S/c1-6-45(60)56-20-17-33(28-56)47(61)53-41-12-9-8-11-37(41)48(62)54-43-23-31-21-35(24-36(59)22-31)32-14-15-44-38(25-32)39(46(57(44)7-2)40-27-52-18-16-34(40)29-65-5)26-51(3,4)30-66-50(64)42-13-10-19-58(55-42)49(43)63;;;/h6,8-9,11-12,14-16,18,21-22,24-25,27,33,42-43,55,59H,1,7,10,13,17,19-20,23,26,28-30H2,2-5H3,(H,53,61)(H,54,62);3*1H2/t33-,42-,43-;;;/m0.../s1. The summed E-state index contributed by atoms with van der Waals surface area (Å²) in [5.41, 5.74) is 10.0. The van der Waals surface area contributed by atoms with Crippen molar-refractivity contribution in [3.05, 3.63) is 114 Å². The molecule has 0 spiro atoms.